The summed E-state index contributed by atoms with van der Waals surface area (Å²) in [4.78, 5) is 12.0. The third-order valence-electron chi connectivity index (χ3n) is 2.70. The number of carbonyl (C=O) groups is 1. The summed E-state index contributed by atoms with van der Waals surface area (Å²) in [6.07, 6.45) is 0. The van der Waals surface area contributed by atoms with E-state index in [9.17, 15) is 14.3 Å². The second-order valence-electron chi connectivity index (χ2n) is 4.28. The minimum atomic E-state index is -0.595. The number of halogens is 1. The monoisotopic (exact) mass is 290 g/mol. The van der Waals surface area contributed by atoms with Gasteiger partial charge in [-0.25, -0.2) is 4.39 Å². The number of benzene rings is 2. The molecule has 0 atom stereocenters. The fourth-order valence-corrected chi connectivity index (χ4v) is 1.70. The van der Waals surface area contributed by atoms with Crippen LogP contribution in [0.3, 0.4) is 0 Å². The third kappa shape index (κ3) is 3.93. The largest absolute Gasteiger partial charge is 0.507 e. The van der Waals surface area contributed by atoms with Gasteiger partial charge in [-0.1, -0.05) is 0 Å². The van der Waals surface area contributed by atoms with E-state index in [2.05, 4.69) is 5.32 Å². The summed E-state index contributed by atoms with van der Waals surface area (Å²) in [6.45, 7) is 0.820. The molecule has 0 aromatic heterocycles. The van der Waals surface area contributed by atoms with Crippen LogP contribution in [0.5, 0.6) is 11.5 Å². The first-order valence-corrected chi connectivity index (χ1v) is 6.33. The lowest BCUT2D eigenvalue weighted by molar-refractivity contribution is 0.102. The highest BCUT2D eigenvalue weighted by Crippen LogP contribution is 2.21. The average Bonchev–Trinajstić information content (AvgIpc) is 2.49. The highest BCUT2D eigenvalue weighted by Gasteiger charge is 2.12. The molecule has 4 N–H and O–H groups in total. The molecule has 0 aliphatic carbocycles. The second kappa shape index (κ2) is 6.71. The van der Waals surface area contributed by atoms with E-state index >= 15 is 0 Å². The van der Waals surface area contributed by atoms with E-state index in [0.29, 0.717) is 24.6 Å². The Hall–Kier alpha value is -2.60. The van der Waals surface area contributed by atoms with Crippen molar-refractivity contribution in [2.24, 2.45) is 5.73 Å². The maximum absolute atomic E-state index is 13.1. The minimum absolute atomic E-state index is 0.126. The van der Waals surface area contributed by atoms with Crippen LogP contribution < -0.4 is 15.8 Å². The van der Waals surface area contributed by atoms with Gasteiger partial charge in [0, 0.05) is 12.2 Å². The van der Waals surface area contributed by atoms with Gasteiger partial charge in [0.05, 0.1) is 5.56 Å². The minimum Gasteiger partial charge on any atom is -0.507 e. The summed E-state index contributed by atoms with van der Waals surface area (Å²) in [5, 5.41) is 12.1. The SMILES string of the molecule is NCCOc1ccc(NC(=O)c2cc(F)ccc2O)cc1. The summed E-state index contributed by atoms with van der Waals surface area (Å²) in [6, 6.07) is 9.82. The summed E-state index contributed by atoms with van der Waals surface area (Å²) < 4.78 is 18.4. The molecule has 0 saturated carbocycles. The molecular formula is C15H15FN2O3. The van der Waals surface area contributed by atoms with Crippen molar-refractivity contribution in [3.05, 3.63) is 53.8 Å². The van der Waals surface area contributed by atoms with E-state index in [1.54, 1.807) is 24.3 Å². The molecule has 2 rings (SSSR count). The van der Waals surface area contributed by atoms with E-state index < -0.39 is 11.7 Å². The van der Waals surface area contributed by atoms with Gasteiger partial charge in [0.2, 0.25) is 0 Å². The molecule has 0 fully saturated rings. The molecule has 0 unspecified atom stereocenters. The standard InChI is InChI=1S/C15H15FN2O3/c16-10-1-6-14(19)13(9-10)15(20)18-11-2-4-12(5-3-11)21-8-7-17/h1-6,9,19H,7-8,17H2,(H,18,20). The zero-order valence-electron chi connectivity index (χ0n) is 11.2. The van der Waals surface area contributed by atoms with Crippen molar-refractivity contribution in [2.75, 3.05) is 18.5 Å². The molecule has 110 valence electrons. The van der Waals surface area contributed by atoms with Crippen molar-refractivity contribution in [3.8, 4) is 11.5 Å². The van der Waals surface area contributed by atoms with Crippen LogP contribution in [0.4, 0.5) is 10.1 Å². The van der Waals surface area contributed by atoms with Crippen molar-refractivity contribution in [2.45, 2.75) is 0 Å². The first-order valence-electron chi connectivity index (χ1n) is 6.33. The zero-order valence-corrected chi connectivity index (χ0v) is 11.2. The number of phenolic OH excluding ortho intramolecular Hbond substituents is 1. The summed E-state index contributed by atoms with van der Waals surface area (Å²) >= 11 is 0. The van der Waals surface area contributed by atoms with Gasteiger partial charge in [0.1, 0.15) is 23.9 Å². The van der Waals surface area contributed by atoms with Crippen LogP contribution in [-0.4, -0.2) is 24.2 Å². The molecule has 0 aliphatic heterocycles. The lowest BCUT2D eigenvalue weighted by atomic mass is 10.1. The number of hydrogen-bond acceptors (Lipinski definition) is 4. The van der Waals surface area contributed by atoms with Crippen molar-refractivity contribution >= 4 is 11.6 Å². The van der Waals surface area contributed by atoms with Crippen LogP contribution in [0.2, 0.25) is 0 Å². The van der Waals surface area contributed by atoms with Gasteiger partial charge >= 0.3 is 0 Å². The van der Waals surface area contributed by atoms with Gasteiger partial charge in [-0.2, -0.15) is 0 Å². The summed E-state index contributed by atoms with van der Waals surface area (Å²) in [5.74, 6) is -0.838. The predicted molar refractivity (Wildman–Crippen MR) is 77.0 cm³/mol. The fourth-order valence-electron chi connectivity index (χ4n) is 1.70. The Bertz CT molecular complexity index is 629. The lowest BCUT2D eigenvalue weighted by Gasteiger charge is -2.08. The first-order chi connectivity index (χ1) is 10.1. The molecule has 2 aromatic carbocycles. The molecule has 5 nitrogen and oxygen atoms in total. The molecule has 6 heteroatoms. The Morgan fingerprint density at radius 3 is 2.62 bits per heavy atom. The van der Waals surface area contributed by atoms with Gasteiger partial charge in [-0.15, -0.1) is 0 Å². The molecule has 1 amide bonds. The maximum atomic E-state index is 13.1. The molecule has 0 radical (unpaired) electrons. The second-order valence-corrected chi connectivity index (χ2v) is 4.28. The predicted octanol–water partition coefficient (Wildman–Crippen LogP) is 2.12. The molecule has 0 bridgehead atoms. The third-order valence-corrected chi connectivity index (χ3v) is 2.70. The van der Waals surface area contributed by atoms with E-state index in [0.717, 1.165) is 18.2 Å². The Labute approximate surface area is 121 Å². The molecule has 2 aromatic rings. The van der Waals surface area contributed by atoms with Crippen molar-refractivity contribution in [1.82, 2.24) is 0 Å². The number of anilines is 1. The van der Waals surface area contributed by atoms with Crippen LogP contribution >= 0.6 is 0 Å². The van der Waals surface area contributed by atoms with Crippen LogP contribution in [0.25, 0.3) is 0 Å². The van der Waals surface area contributed by atoms with E-state index in [1.807, 2.05) is 0 Å². The van der Waals surface area contributed by atoms with Gasteiger partial charge in [0.25, 0.3) is 5.91 Å². The Morgan fingerprint density at radius 2 is 1.95 bits per heavy atom. The van der Waals surface area contributed by atoms with Crippen molar-refractivity contribution < 1.29 is 19.0 Å². The Kier molecular flexibility index (Phi) is 4.73. The molecule has 0 spiro atoms. The van der Waals surface area contributed by atoms with Crippen LogP contribution in [0.15, 0.2) is 42.5 Å². The summed E-state index contributed by atoms with van der Waals surface area (Å²) in [5.41, 5.74) is 5.70. The van der Waals surface area contributed by atoms with E-state index in [1.165, 1.54) is 0 Å². The summed E-state index contributed by atoms with van der Waals surface area (Å²) in [7, 11) is 0. The van der Waals surface area contributed by atoms with E-state index in [4.69, 9.17) is 10.5 Å². The Morgan fingerprint density at radius 1 is 1.24 bits per heavy atom. The number of carbonyl (C=O) groups excluding carboxylic acids is 1. The topological polar surface area (TPSA) is 84.6 Å². The number of nitrogens with two attached hydrogens (primary N) is 1. The first kappa shape index (κ1) is 14.8. The van der Waals surface area contributed by atoms with Crippen molar-refractivity contribution in [3.63, 3.8) is 0 Å². The lowest BCUT2D eigenvalue weighted by Crippen LogP contribution is -2.13. The molecular weight excluding hydrogens is 275 g/mol. The Balaban J connectivity index is 2.07. The van der Waals surface area contributed by atoms with E-state index in [-0.39, 0.29) is 11.3 Å². The number of hydrogen-bond donors (Lipinski definition) is 3. The fraction of sp³-hybridized carbons (Fsp3) is 0.133. The molecule has 0 aliphatic rings. The quantitative estimate of drug-likeness (QED) is 0.787. The van der Waals surface area contributed by atoms with Gasteiger partial charge in [-0.3, -0.25) is 4.79 Å². The maximum Gasteiger partial charge on any atom is 0.259 e. The number of aromatic hydroxyl groups is 1. The van der Waals surface area contributed by atoms with Crippen molar-refractivity contribution in [1.29, 1.82) is 0 Å². The zero-order chi connectivity index (χ0) is 15.2. The highest BCUT2D eigenvalue weighted by atomic mass is 19.1. The molecule has 21 heavy (non-hydrogen) atoms. The van der Waals surface area contributed by atoms with Crippen LogP contribution in [0.1, 0.15) is 10.4 Å². The van der Waals surface area contributed by atoms with Gasteiger partial charge in [0.15, 0.2) is 0 Å². The number of phenols is 1. The van der Waals surface area contributed by atoms with Crippen LogP contribution in [0, 0.1) is 5.82 Å². The highest BCUT2D eigenvalue weighted by molar-refractivity contribution is 6.06. The molecule has 0 heterocycles. The number of amides is 1. The molecule has 0 saturated heterocycles. The van der Waals surface area contributed by atoms with Gasteiger partial charge in [-0.05, 0) is 42.5 Å². The normalized spacial score (nSPS) is 10.2. The average molecular weight is 290 g/mol. The van der Waals surface area contributed by atoms with Gasteiger partial charge < -0.3 is 20.9 Å². The number of ether oxygens (including phenoxy) is 1. The smallest absolute Gasteiger partial charge is 0.259 e. The van der Waals surface area contributed by atoms with Crippen LogP contribution in [-0.2, 0) is 0 Å². The number of nitrogens with one attached hydrogen (secondary N) is 1. The number of rotatable bonds is 5.